The SMILES string of the molecule is O=C(O)N1CCc2c(n(CCSc3ccccc3)c3ccccc23)CC1. The van der Waals surface area contributed by atoms with Gasteiger partial charge < -0.3 is 14.6 Å². The van der Waals surface area contributed by atoms with Gasteiger partial charge in [-0.05, 0) is 30.2 Å². The second kappa shape index (κ2) is 7.46. The Hall–Kier alpha value is -2.40. The van der Waals surface area contributed by atoms with Gasteiger partial charge in [0, 0.05) is 53.3 Å². The average molecular weight is 366 g/mol. The van der Waals surface area contributed by atoms with Crippen LogP contribution in [0.15, 0.2) is 59.5 Å². The van der Waals surface area contributed by atoms with E-state index < -0.39 is 6.09 Å². The molecule has 0 saturated heterocycles. The minimum atomic E-state index is -0.814. The first-order valence-corrected chi connectivity index (χ1v) is 9.97. The smallest absolute Gasteiger partial charge is 0.407 e. The molecule has 0 spiro atoms. The van der Waals surface area contributed by atoms with E-state index in [0.29, 0.717) is 13.1 Å². The summed E-state index contributed by atoms with van der Waals surface area (Å²) in [7, 11) is 0. The molecule has 26 heavy (non-hydrogen) atoms. The zero-order chi connectivity index (χ0) is 17.9. The fourth-order valence-electron chi connectivity index (χ4n) is 3.81. The molecular formula is C21H22N2O2S. The quantitative estimate of drug-likeness (QED) is 0.691. The lowest BCUT2D eigenvalue weighted by Crippen LogP contribution is -2.31. The molecule has 1 aliphatic heterocycles. The first-order valence-electron chi connectivity index (χ1n) is 8.99. The normalized spacial score (nSPS) is 14.2. The summed E-state index contributed by atoms with van der Waals surface area (Å²) in [5.41, 5.74) is 3.91. The van der Waals surface area contributed by atoms with Crippen LogP contribution in [0.4, 0.5) is 4.79 Å². The van der Waals surface area contributed by atoms with Gasteiger partial charge in [-0.15, -0.1) is 11.8 Å². The number of nitrogens with zero attached hydrogens (tertiary/aromatic N) is 2. The molecule has 4 nitrogen and oxygen atoms in total. The number of rotatable bonds is 4. The van der Waals surface area contributed by atoms with Crippen LogP contribution < -0.4 is 0 Å². The summed E-state index contributed by atoms with van der Waals surface area (Å²) in [6.45, 7) is 2.09. The molecule has 5 heteroatoms. The molecule has 0 unspecified atom stereocenters. The van der Waals surface area contributed by atoms with Crippen LogP contribution in [0.3, 0.4) is 0 Å². The van der Waals surface area contributed by atoms with E-state index in [0.717, 1.165) is 25.1 Å². The van der Waals surface area contributed by atoms with Crippen LogP contribution in [0, 0.1) is 0 Å². The summed E-state index contributed by atoms with van der Waals surface area (Å²) in [5, 5.41) is 10.6. The van der Waals surface area contributed by atoms with Gasteiger partial charge in [-0.2, -0.15) is 0 Å². The summed E-state index contributed by atoms with van der Waals surface area (Å²) < 4.78 is 2.41. The lowest BCUT2D eigenvalue weighted by molar-refractivity contribution is 0.147. The van der Waals surface area contributed by atoms with Gasteiger partial charge in [0.2, 0.25) is 0 Å². The second-order valence-corrected chi connectivity index (χ2v) is 7.69. The van der Waals surface area contributed by atoms with Crippen molar-refractivity contribution in [3.8, 4) is 0 Å². The van der Waals surface area contributed by atoms with Crippen molar-refractivity contribution >= 4 is 28.8 Å². The van der Waals surface area contributed by atoms with Crippen LogP contribution in [0.2, 0.25) is 0 Å². The Morgan fingerprint density at radius 2 is 1.73 bits per heavy atom. The molecule has 0 saturated carbocycles. The number of aryl methyl sites for hydroxylation is 1. The number of hydrogen-bond donors (Lipinski definition) is 1. The highest BCUT2D eigenvalue weighted by Crippen LogP contribution is 2.30. The molecule has 4 rings (SSSR count). The van der Waals surface area contributed by atoms with Crippen LogP contribution in [-0.4, -0.2) is 39.5 Å². The summed E-state index contributed by atoms with van der Waals surface area (Å²) in [6.07, 6.45) is 0.762. The minimum Gasteiger partial charge on any atom is -0.465 e. The summed E-state index contributed by atoms with van der Waals surface area (Å²) in [4.78, 5) is 14.2. The molecule has 1 amide bonds. The number of aromatic nitrogens is 1. The Labute approximate surface area is 157 Å². The number of thioether (sulfide) groups is 1. The Kier molecular flexibility index (Phi) is 4.89. The van der Waals surface area contributed by atoms with Gasteiger partial charge in [0.1, 0.15) is 0 Å². The van der Waals surface area contributed by atoms with E-state index in [-0.39, 0.29) is 0 Å². The summed E-state index contributed by atoms with van der Waals surface area (Å²) in [6, 6.07) is 19.0. The zero-order valence-electron chi connectivity index (χ0n) is 14.6. The fourth-order valence-corrected chi connectivity index (χ4v) is 4.67. The topological polar surface area (TPSA) is 45.5 Å². The standard InChI is InChI=1S/C21H22N2O2S/c24-21(25)22-12-10-18-17-8-4-5-9-19(17)23(20(18)11-13-22)14-15-26-16-6-2-1-3-7-16/h1-9H,10-15H2,(H,24,25). The summed E-state index contributed by atoms with van der Waals surface area (Å²) in [5.74, 6) is 0.998. The molecular weight excluding hydrogens is 344 g/mol. The van der Waals surface area contributed by atoms with Crippen LogP contribution in [0.25, 0.3) is 10.9 Å². The van der Waals surface area contributed by atoms with Crippen molar-refractivity contribution in [2.45, 2.75) is 24.3 Å². The van der Waals surface area contributed by atoms with Crippen LogP contribution in [0.5, 0.6) is 0 Å². The first-order chi connectivity index (χ1) is 12.7. The molecule has 2 heterocycles. The van der Waals surface area contributed by atoms with Gasteiger partial charge in [-0.3, -0.25) is 0 Å². The van der Waals surface area contributed by atoms with Gasteiger partial charge in [0.05, 0.1) is 0 Å². The van der Waals surface area contributed by atoms with E-state index in [1.165, 1.54) is 32.0 Å². The van der Waals surface area contributed by atoms with Crippen molar-refractivity contribution in [3.05, 3.63) is 65.9 Å². The molecule has 2 aromatic carbocycles. The summed E-state index contributed by atoms with van der Waals surface area (Å²) >= 11 is 1.86. The third-order valence-electron chi connectivity index (χ3n) is 5.04. The highest BCUT2D eigenvalue weighted by Gasteiger charge is 2.23. The number of fused-ring (bicyclic) bond motifs is 3. The fraction of sp³-hybridized carbons (Fsp3) is 0.286. The number of hydrogen-bond acceptors (Lipinski definition) is 2. The van der Waals surface area contributed by atoms with Crippen LogP contribution in [0.1, 0.15) is 11.3 Å². The number of para-hydroxylation sites is 1. The molecule has 0 aliphatic carbocycles. The maximum Gasteiger partial charge on any atom is 0.407 e. The zero-order valence-corrected chi connectivity index (χ0v) is 15.4. The van der Waals surface area contributed by atoms with Crippen molar-refractivity contribution in [1.82, 2.24) is 9.47 Å². The molecule has 3 aromatic rings. The second-order valence-electron chi connectivity index (χ2n) is 6.53. The van der Waals surface area contributed by atoms with E-state index >= 15 is 0 Å². The Morgan fingerprint density at radius 3 is 2.54 bits per heavy atom. The molecule has 0 fully saturated rings. The number of carbonyl (C=O) groups is 1. The molecule has 0 atom stereocenters. The largest absolute Gasteiger partial charge is 0.465 e. The first kappa shape index (κ1) is 17.0. The monoisotopic (exact) mass is 366 g/mol. The third-order valence-corrected chi connectivity index (χ3v) is 6.03. The minimum absolute atomic E-state index is 0.574. The molecule has 134 valence electrons. The maximum absolute atomic E-state index is 11.4. The van der Waals surface area contributed by atoms with E-state index in [1.54, 1.807) is 0 Å². The molecule has 1 aromatic heterocycles. The van der Waals surface area contributed by atoms with Crippen molar-refractivity contribution in [2.75, 3.05) is 18.8 Å². The van der Waals surface area contributed by atoms with Gasteiger partial charge in [-0.25, -0.2) is 4.79 Å². The van der Waals surface area contributed by atoms with Gasteiger partial charge in [0.25, 0.3) is 0 Å². The number of carboxylic acid groups (broad SMARTS) is 1. The van der Waals surface area contributed by atoms with Crippen molar-refractivity contribution in [1.29, 1.82) is 0 Å². The predicted octanol–water partition coefficient (Wildman–Crippen LogP) is 4.51. The molecule has 0 bridgehead atoms. The highest BCUT2D eigenvalue weighted by molar-refractivity contribution is 7.99. The van der Waals surface area contributed by atoms with Gasteiger partial charge in [0.15, 0.2) is 0 Å². The number of benzene rings is 2. The molecule has 1 aliphatic rings. The molecule has 0 radical (unpaired) electrons. The third kappa shape index (κ3) is 3.31. The lowest BCUT2D eigenvalue weighted by atomic mass is 10.1. The van der Waals surface area contributed by atoms with E-state index in [9.17, 15) is 9.90 Å². The Bertz CT molecular complexity index is 920. The van der Waals surface area contributed by atoms with E-state index in [2.05, 4.69) is 53.1 Å². The predicted molar refractivity (Wildman–Crippen MR) is 106 cm³/mol. The number of amides is 1. The van der Waals surface area contributed by atoms with Crippen molar-refractivity contribution < 1.29 is 9.90 Å². The average Bonchev–Trinajstić information content (AvgIpc) is 2.81. The Morgan fingerprint density at radius 1 is 1.00 bits per heavy atom. The van der Waals surface area contributed by atoms with Gasteiger partial charge in [-0.1, -0.05) is 36.4 Å². The van der Waals surface area contributed by atoms with Gasteiger partial charge >= 0.3 is 6.09 Å². The van der Waals surface area contributed by atoms with E-state index in [1.807, 2.05) is 17.8 Å². The maximum atomic E-state index is 11.4. The highest BCUT2D eigenvalue weighted by atomic mass is 32.2. The van der Waals surface area contributed by atoms with Crippen molar-refractivity contribution in [3.63, 3.8) is 0 Å². The van der Waals surface area contributed by atoms with Crippen molar-refractivity contribution in [2.24, 2.45) is 0 Å². The van der Waals surface area contributed by atoms with Crippen LogP contribution >= 0.6 is 11.8 Å². The van der Waals surface area contributed by atoms with E-state index in [4.69, 9.17) is 0 Å². The Balaban J connectivity index is 1.61. The molecule has 1 N–H and O–H groups in total. The van der Waals surface area contributed by atoms with Crippen LogP contribution in [-0.2, 0) is 19.4 Å². The lowest BCUT2D eigenvalue weighted by Gasteiger charge is -2.16.